The molecule has 23 heavy (non-hydrogen) atoms. The predicted molar refractivity (Wildman–Crippen MR) is 99.6 cm³/mol. The van der Waals surface area contributed by atoms with Crippen molar-refractivity contribution in [3.63, 3.8) is 0 Å². The molecule has 3 rings (SSSR count). The number of benzene rings is 2. The molecule has 0 bridgehead atoms. The highest BCUT2D eigenvalue weighted by Gasteiger charge is 2.07. The van der Waals surface area contributed by atoms with Crippen LogP contribution >= 0.6 is 34.7 Å². The second-order valence-electron chi connectivity index (χ2n) is 4.98. The van der Waals surface area contributed by atoms with Crippen LogP contribution in [0.15, 0.2) is 46.8 Å². The van der Waals surface area contributed by atoms with Crippen molar-refractivity contribution in [3.8, 4) is 0 Å². The molecule has 0 aliphatic heterocycles. The number of carbonyl (C=O) groups excluding carboxylic acids is 1. The Labute approximate surface area is 148 Å². The van der Waals surface area contributed by atoms with Gasteiger partial charge in [0.15, 0.2) is 4.34 Å². The van der Waals surface area contributed by atoms with Crippen LogP contribution in [0.5, 0.6) is 0 Å². The van der Waals surface area contributed by atoms with Crippen molar-refractivity contribution in [2.45, 2.75) is 23.4 Å². The largest absolute Gasteiger partial charge is 0.326 e. The van der Waals surface area contributed by atoms with Gasteiger partial charge in [0.05, 0.1) is 10.2 Å². The van der Waals surface area contributed by atoms with Gasteiger partial charge in [-0.3, -0.25) is 4.79 Å². The summed E-state index contributed by atoms with van der Waals surface area (Å²) in [5, 5.41) is 3.63. The second kappa shape index (κ2) is 7.34. The van der Waals surface area contributed by atoms with Crippen molar-refractivity contribution >= 4 is 56.5 Å². The molecule has 0 atom stereocenters. The monoisotopic (exact) mass is 362 g/mol. The number of aromatic nitrogens is 1. The van der Waals surface area contributed by atoms with E-state index in [1.54, 1.807) is 23.1 Å². The normalized spacial score (nSPS) is 10.9. The number of thioether (sulfide) groups is 1. The number of amides is 1. The van der Waals surface area contributed by atoms with Crippen LogP contribution < -0.4 is 5.32 Å². The fraction of sp³-hybridized carbons (Fsp3) is 0.176. The van der Waals surface area contributed by atoms with Gasteiger partial charge in [0.2, 0.25) is 5.91 Å². The van der Waals surface area contributed by atoms with E-state index in [0.29, 0.717) is 6.42 Å². The van der Waals surface area contributed by atoms with E-state index in [0.717, 1.165) is 31.0 Å². The van der Waals surface area contributed by atoms with Crippen LogP contribution in [0.3, 0.4) is 0 Å². The van der Waals surface area contributed by atoms with Crippen molar-refractivity contribution in [1.82, 2.24) is 4.98 Å². The number of fused-ring (bicyclic) bond motifs is 1. The highest BCUT2D eigenvalue weighted by Crippen LogP contribution is 2.33. The molecule has 6 heteroatoms. The van der Waals surface area contributed by atoms with E-state index in [4.69, 9.17) is 11.6 Å². The molecular weight excluding hydrogens is 348 g/mol. The molecule has 1 amide bonds. The Morgan fingerprint density at radius 2 is 2.04 bits per heavy atom. The molecule has 0 saturated carbocycles. The molecule has 2 aromatic carbocycles. The van der Waals surface area contributed by atoms with Crippen LogP contribution in [-0.4, -0.2) is 10.9 Å². The molecule has 1 aromatic heterocycles. The molecule has 0 aliphatic carbocycles. The first-order valence-corrected chi connectivity index (χ1v) is 9.40. The van der Waals surface area contributed by atoms with Gasteiger partial charge in [-0.1, -0.05) is 42.4 Å². The molecule has 0 aliphatic rings. The Morgan fingerprint density at radius 1 is 1.26 bits per heavy atom. The van der Waals surface area contributed by atoms with Crippen LogP contribution in [-0.2, 0) is 10.5 Å². The smallest absolute Gasteiger partial charge is 0.224 e. The van der Waals surface area contributed by atoms with Gasteiger partial charge in [-0.15, -0.1) is 11.3 Å². The minimum Gasteiger partial charge on any atom is -0.326 e. The van der Waals surface area contributed by atoms with Crippen molar-refractivity contribution in [2.75, 3.05) is 5.32 Å². The van der Waals surface area contributed by atoms with E-state index >= 15 is 0 Å². The first-order chi connectivity index (χ1) is 11.1. The molecule has 118 valence electrons. The lowest BCUT2D eigenvalue weighted by Crippen LogP contribution is -2.08. The molecule has 0 spiro atoms. The number of hydrogen-bond donors (Lipinski definition) is 1. The quantitative estimate of drug-likeness (QED) is 0.601. The number of nitrogens with one attached hydrogen (secondary N) is 1. The highest BCUT2D eigenvalue weighted by atomic mass is 35.5. The lowest BCUT2D eigenvalue weighted by Gasteiger charge is -2.02. The van der Waals surface area contributed by atoms with Gasteiger partial charge in [0, 0.05) is 22.9 Å². The van der Waals surface area contributed by atoms with Crippen molar-refractivity contribution in [1.29, 1.82) is 0 Å². The average Bonchev–Trinajstić information content (AvgIpc) is 2.96. The fourth-order valence-electron chi connectivity index (χ4n) is 2.02. The Kier molecular flexibility index (Phi) is 5.20. The van der Waals surface area contributed by atoms with Crippen molar-refractivity contribution in [2.24, 2.45) is 0 Å². The van der Waals surface area contributed by atoms with Crippen LogP contribution in [0, 0.1) is 0 Å². The molecule has 0 unspecified atom stereocenters. The van der Waals surface area contributed by atoms with Crippen LogP contribution in [0.1, 0.15) is 18.9 Å². The summed E-state index contributed by atoms with van der Waals surface area (Å²) >= 11 is 9.25. The number of thiazole rings is 1. The number of rotatable bonds is 5. The predicted octanol–water partition coefficient (Wildman–Crippen LogP) is 5.59. The van der Waals surface area contributed by atoms with Gasteiger partial charge in [-0.05, 0) is 35.9 Å². The average molecular weight is 363 g/mol. The maximum Gasteiger partial charge on any atom is 0.224 e. The third-order valence-corrected chi connectivity index (χ3v) is 5.73. The zero-order chi connectivity index (χ0) is 16.2. The van der Waals surface area contributed by atoms with E-state index < -0.39 is 0 Å². The molecule has 0 fully saturated rings. The summed E-state index contributed by atoms with van der Waals surface area (Å²) in [5.41, 5.74) is 3.00. The van der Waals surface area contributed by atoms with E-state index in [1.165, 1.54) is 5.56 Å². The minimum atomic E-state index is 0.0196. The summed E-state index contributed by atoms with van der Waals surface area (Å²) < 4.78 is 2.10. The fourth-order valence-corrected chi connectivity index (χ4v) is 4.21. The summed E-state index contributed by atoms with van der Waals surface area (Å²) in [7, 11) is 0. The zero-order valence-electron chi connectivity index (χ0n) is 12.5. The lowest BCUT2D eigenvalue weighted by molar-refractivity contribution is -0.115. The Hall–Kier alpha value is -1.56. The van der Waals surface area contributed by atoms with Gasteiger partial charge >= 0.3 is 0 Å². The zero-order valence-corrected chi connectivity index (χ0v) is 14.9. The van der Waals surface area contributed by atoms with Gasteiger partial charge in [-0.2, -0.15) is 0 Å². The van der Waals surface area contributed by atoms with Crippen LogP contribution in [0.2, 0.25) is 5.02 Å². The molecule has 1 N–H and O–H groups in total. The standard InChI is InChI=1S/C17H15ClN2OS2/c1-2-16(21)19-13-7-8-14-15(9-13)23-17(20-14)22-10-11-3-5-12(18)6-4-11/h3-9H,2,10H2,1H3,(H,19,21). The first kappa shape index (κ1) is 16.3. The molecule has 1 heterocycles. The van der Waals surface area contributed by atoms with Crippen LogP contribution in [0.25, 0.3) is 10.2 Å². The van der Waals surface area contributed by atoms with Gasteiger partial charge < -0.3 is 5.32 Å². The van der Waals surface area contributed by atoms with E-state index in [9.17, 15) is 4.79 Å². The van der Waals surface area contributed by atoms with E-state index in [2.05, 4.69) is 10.3 Å². The Balaban J connectivity index is 1.72. The number of anilines is 1. The highest BCUT2D eigenvalue weighted by molar-refractivity contribution is 8.00. The summed E-state index contributed by atoms with van der Waals surface area (Å²) in [6, 6.07) is 13.7. The minimum absolute atomic E-state index is 0.0196. The SMILES string of the molecule is CCC(=O)Nc1ccc2nc(SCc3ccc(Cl)cc3)sc2c1. The van der Waals surface area contributed by atoms with Gasteiger partial charge in [0.25, 0.3) is 0 Å². The van der Waals surface area contributed by atoms with E-state index in [1.807, 2.05) is 49.4 Å². The maximum absolute atomic E-state index is 11.5. The number of hydrogen-bond acceptors (Lipinski definition) is 4. The third-order valence-electron chi connectivity index (χ3n) is 3.25. The molecule has 0 radical (unpaired) electrons. The number of nitrogens with zero attached hydrogens (tertiary/aromatic N) is 1. The third kappa shape index (κ3) is 4.25. The van der Waals surface area contributed by atoms with Gasteiger partial charge in [0.1, 0.15) is 0 Å². The number of halogens is 1. The maximum atomic E-state index is 11.5. The molecule has 3 aromatic rings. The summed E-state index contributed by atoms with van der Waals surface area (Å²) in [4.78, 5) is 16.1. The van der Waals surface area contributed by atoms with E-state index in [-0.39, 0.29) is 5.91 Å². The Morgan fingerprint density at radius 3 is 2.78 bits per heavy atom. The van der Waals surface area contributed by atoms with Crippen molar-refractivity contribution < 1.29 is 4.79 Å². The molecule has 3 nitrogen and oxygen atoms in total. The topological polar surface area (TPSA) is 42.0 Å². The second-order valence-corrected chi connectivity index (χ2v) is 7.67. The summed E-state index contributed by atoms with van der Waals surface area (Å²) in [5.74, 6) is 0.877. The number of carbonyl (C=O) groups is 1. The van der Waals surface area contributed by atoms with Crippen molar-refractivity contribution in [3.05, 3.63) is 53.1 Å². The van der Waals surface area contributed by atoms with Crippen LogP contribution in [0.4, 0.5) is 5.69 Å². The summed E-state index contributed by atoms with van der Waals surface area (Å²) in [6.45, 7) is 1.84. The molecular formula is C17H15ClN2OS2. The molecule has 0 saturated heterocycles. The Bertz CT molecular complexity index is 830. The lowest BCUT2D eigenvalue weighted by atomic mass is 10.2. The first-order valence-electron chi connectivity index (χ1n) is 7.21. The van der Waals surface area contributed by atoms with Gasteiger partial charge in [-0.25, -0.2) is 4.98 Å². The summed E-state index contributed by atoms with van der Waals surface area (Å²) in [6.07, 6.45) is 0.475.